The molecule has 2 aliphatic rings. The van der Waals surface area contributed by atoms with Gasteiger partial charge in [0, 0.05) is 38.5 Å². The summed E-state index contributed by atoms with van der Waals surface area (Å²) in [6, 6.07) is 6.02. The Hall–Kier alpha value is -3.00. The molecule has 0 aromatic carbocycles. The molecular weight excluding hydrogens is 380 g/mol. The fraction of sp³-hybridized carbons (Fsp3) is 0.455. The van der Waals surface area contributed by atoms with E-state index in [4.69, 9.17) is 4.74 Å². The zero-order valence-corrected chi connectivity index (χ0v) is 17.0. The van der Waals surface area contributed by atoms with Crippen LogP contribution in [-0.4, -0.2) is 51.7 Å². The fourth-order valence-corrected chi connectivity index (χ4v) is 4.25. The molecule has 1 N–H and O–H groups in total. The number of piperidine rings is 1. The Balaban J connectivity index is 1.28. The van der Waals surface area contributed by atoms with Gasteiger partial charge in [0.15, 0.2) is 5.65 Å². The molecule has 3 aromatic rings. The third-order valence-electron chi connectivity index (χ3n) is 5.95. The Kier molecular flexibility index (Phi) is 5.31. The first-order chi connectivity index (χ1) is 14.8. The van der Waals surface area contributed by atoms with E-state index in [-0.39, 0.29) is 5.91 Å². The van der Waals surface area contributed by atoms with Gasteiger partial charge in [-0.05, 0) is 50.3 Å². The summed E-state index contributed by atoms with van der Waals surface area (Å²) in [6.07, 6.45) is 10.8. The predicted molar refractivity (Wildman–Crippen MR) is 115 cm³/mol. The smallest absolute Gasteiger partial charge is 0.257 e. The number of carbonyl (C=O) groups excluding carboxylic acids is 1. The summed E-state index contributed by atoms with van der Waals surface area (Å²) in [6.45, 7) is 3.61. The van der Waals surface area contributed by atoms with Gasteiger partial charge in [0.2, 0.25) is 0 Å². The van der Waals surface area contributed by atoms with Crippen LogP contribution in [-0.2, 0) is 4.74 Å². The number of imidazole rings is 1. The van der Waals surface area contributed by atoms with E-state index in [0.717, 1.165) is 56.1 Å². The van der Waals surface area contributed by atoms with E-state index in [9.17, 15) is 4.79 Å². The van der Waals surface area contributed by atoms with Crippen LogP contribution in [0.4, 0.5) is 11.5 Å². The summed E-state index contributed by atoms with van der Waals surface area (Å²) in [4.78, 5) is 28.5. The lowest BCUT2D eigenvalue weighted by Crippen LogP contribution is -2.30. The molecule has 0 atom stereocenters. The van der Waals surface area contributed by atoms with Crippen LogP contribution < -0.4 is 10.2 Å². The van der Waals surface area contributed by atoms with Crippen molar-refractivity contribution in [2.24, 2.45) is 0 Å². The molecule has 0 aliphatic carbocycles. The van der Waals surface area contributed by atoms with Crippen LogP contribution in [0.5, 0.6) is 0 Å². The first-order valence-electron chi connectivity index (χ1n) is 10.7. The van der Waals surface area contributed by atoms with Crippen LogP contribution in [0.2, 0.25) is 0 Å². The zero-order valence-electron chi connectivity index (χ0n) is 17.0. The van der Waals surface area contributed by atoms with E-state index in [0.29, 0.717) is 17.3 Å². The van der Waals surface area contributed by atoms with E-state index >= 15 is 0 Å². The lowest BCUT2D eigenvalue weighted by Gasteiger charge is -2.27. The van der Waals surface area contributed by atoms with Gasteiger partial charge in [-0.25, -0.2) is 15.0 Å². The lowest BCUT2D eigenvalue weighted by atomic mass is 10.1. The minimum absolute atomic E-state index is 0.211. The van der Waals surface area contributed by atoms with Gasteiger partial charge in [-0.15, -0.1) is 0 Å². The van der Waals surface area contributed by atoms with Crippen molar-refractivity contribution in [2.45, 2.75) is 38.1 Å². The molecule has 1 amide bonds. The normalized spacial score (nSPS) is 17.9. The molecule has 0 bridgehead atoms. The highest BCUT2D eigenvalue weighted by Gasteiger charge is 2.19. The molecule has 0 saturated carbocycles. The van der Waals surface area contributed by atoms with Crippen molar-refractivity contribution < 1.29 is 9.53 Å². The molecule has 5 heterocycles. The van der Waals surface area contributed by atoms with E-state index in [1.54, 1.807) is 18.5 Å². The first kappa shape index (κ1) is 19.0. The predicted octanol–water partition coefficient (Wildman–Crippen LogP) is 3.42. The second kappa shape index (κ2) is 8.39. The maximum absolute atomic E-state index is 12.7. The first-order valence-corrected chi connectivity index (χ1v) is 10.7. The molecule has 8 nitrogen and oxygen atoms in total. The van der Waals surface area contributed by atoms with E-state index in [2.05, 4.69) is 29.7 Å². The highest BCUT2D eigenvalue weighted by Crippen LogP contribution is 2.25. The minimum atomic E-state index is -0.211. The van der Waals surface area contributed by atoms with E-state index in [1.165, 1.54) is 19.3 Å². The van der Waals surface area contributed by atoms with Crippen molar-refractivity contribution in [2.75, 3.05) is 36.5 Å². The van der Waals surface area contributed by atoms with Gasteiger partial charge < -0.3 is 19.5 Å². The lowest BCUT2D eigenvalue weighted by molar-refractivity contribution is 0.0704. The molecular formula is C22H26N6O2. The quantitative estimate of drug-likeness (QED) is 0.715. The topological polar surface area (TPSA) is 85.2 Å². The molecule has 3 aromatic heterocycles. The van der Waals surface area contributed by atoms with Crippen LogP contribution in [0.15, 0.2) is 36.9 Å². The Morgan fingerprint density at radius 3 is 2.63 bits per heavy atom. The number of rotatable bonds is 4. The number of ether oxygens (including phenoxy) is 1. The summed E-state index contributed by atoms with van der Waals surface area (Å²) in [5.41, 5.74) is 2.70. The summed E-state index contributed by atoms with van der Waals surface area (Å²) in [5.74, 6) is 0.756. The average molecular weight is 406 g/mol. The van der Waals surface area contributed by atoms with Gasteiger partial charge in [-0.1, -0.05) is 0 Å². The standard InChI is InChI=1S/C22H26N6O2/c29-22(26-17-4-5-20(23-14-17)27-8-2-1-3-9-27)16-12-19-21(24-13-16)28(15-25-19)18-6-10-30-11-7-18/h4-5,12-15,18H,1-3,6-11H2,(H,26,29). The summed E-state index contributed by atoms with van der Waals surface area (Å²) >= 11 is 0. The number of aromatic nitrogens is 4. The van der Waals surface area contributed by atoms with E-state index in [1.807, 2.05) is 18.5 Å². The SMILES string of the molecule is O=C(Nc1ccc(N2CCCCC2)nc1)c1cnc2c(c1)ncn2C1CCOCC1. The molecule has 8 heteroatoms. The van der Waals surface area contributed by atoms with Gasteiger partial charge in [0.1, 0.15) is 11.3 Å². The van der Waals surface area contributed by atoms with Crippen LogP contribution >= 0.6 is 0 Å². The largest absolute Gasteiger partial charge is 0.381 e. The van der Waals surface area contributed by atoms with Crippen LogP contribution in [0.25, 0.3) is 11.2 Å². The summed E-state index contributed by atoms with van der Waals surface area (Å²) < 4.78 is 7.54. The van der Waals surface area contributed by atoms with Crippen molar-refractivity contribution >= 4 is 28.6 Å². The van der Waals surface area contributed by atoms with Crippen LogP contribution in [0.3, 0.4) is 0 Å². The zero-order chi connectivity index (χ0) is 20.3. The Morgan fingerprint density at radius 2 is 1.87 bits per heavy atom. The third-order valence-corrected chi connectivity index (χ3v) is 5.95. The molecule has 2 aliphatic heterocycles. The maximum atomic E-state index is 12.7. The van der Waals surface area contributed by atoms with Crippen molar-refractivity contribution in [1.29, 1.82) is 0 Å². The van der Waals surface area contributed by atoms with Crippen LogP contribution in [0.1, 0.15) is 48.5 Å². The van der Waals surface area contributed by atoms with E-state index < -0.39 is 0 Å². The highest BCUT2D eigenvalue weighted by molar-refractivity contribution is 6.05. The van der Waals surface area contributed by atoms with Gasteiger partial charge in [-0.2, -0.15) is 0 Å². The third kappa shape index (κ3) is 3.87. The average Bonchev–Trinajstić information content (AvgIpc) is 3.24. The fourth-order valence-electron chi connectivity index (χ4n) is 4.25. The molecule has 0 unspecified atom stereocenters. The number of carbonyl (C=O) groups is 1. The number of nitrogens with one attached hydrogen (secondary N) is 1. The van der Waals surface area contributed by atoms with Gasteiger partial charge >= 0.3 is 0 Å². The highest BCUT2D eigenvalue weighted by atomic mass is 16.5. The Labute approximate surface area is 175 Å². The maximum Gasteiger partial charge on any atom is 0.257 e. The molecule has 5 rings (SSSR count). The second-order valence-electron chi connectivity index (χ2n) is 7.97. The van der Waals surface area contributed by atoms with Gasteiger partial charge in [0.25, 0.3) is 5.91 Å². The number of hydrogen-bond acceptors (Lipinski definition) is 6. The Bertz CT molecular complexity index is 1020. The van der Waals surface area contributed by atoms with Crippen LogP contribution in [0, 0.1) is 0 Å². The number of amides is 1. The molecule has 2 saturated heterocycles. The monoisotopic (exact) mass is 406 g/mol. The minimum Gasteiger partial charge on any atom is -0.381 e. The van der Waals surface area contributed by atoms with Crippen molar-refractivity contribution in [3.8, 4) is 0 Å². The van der Waals surface area contributed by atoms with Gasteiger partial charge in [-0.3, -0.25) is 4.79 Å². The number of pyridine rings is 2. The number of hydrogen-bond donors (Lipinski definition) is 1. The second-order valence-corrected chi connectivity index (χ2v) is 7.97. The molecule has 0 radical (unpaired) electrons. The van der Waals surface area contributed by atoms with Crippen molar-refractivity contribution in [3.63, 3.8) is 0 Å². The molecule has 2 fully saturated rings. The number of anilines is 2. The molecule has 156 valence electrons. The summed E-state index contributed by atoms with van der Waals surface area (Å²) in [7, 11) is 0. The molecule has 0 spiro atoms. The van der Waals surface area contributed by atoms with Gasteiger partial charge in [0.05, 0.1) is 23.8 Å². The molecule has 30 heavy (non-hydrogen) atoms. The Morgan fingerprint density at radius 1 is 1.03 bits per heavy atom. The summed E-state index contributed by atoms with van der Waals surface area (Å²) in [5, 5.41) is 2.91. The van der Waals surface area contributed by atoms with Crippen molar-refractivity contribution in [3.05, 3.63) is 42.5 Å². The van der Waals surface area contributed by atoms with Crippen molar-refractivity contribution in [1.82, 2.24) is 19.5 Å². The number of nitrogens with zero attached hydrogens (tertiary/aromatic N) is 5. The number of fused-ring (bicyclic) bond motifs is 1.